The van der Waals surface area contributed by atoms with Gasteiger partial charge < -0.3 is 5.32 Å². The lowest BCUT2D eigenvalue weighted by Gasteiger charge is -2.17. The van der Waals surface area contributed by atoms with Gasteiger partial charge in [0, 0.05) is 17.6 Å². The molecule has 2 N–H and O–H groups in total. The molecule has 0 heterocycles. The summed E-state index contributed by atoms with van der Waals surface area (Å²) >= 11 is 5.94. The lowest BCUT2D eigenvalue weighted by atomic mass is 10.0. The molecule has 0 saturated heterocycles. The fourth-order valence-electron chi connectivity index (χ4n) is 1.69. The Morgan fingerprint density at radius 1 is 1.39 bits per heavy atom. The van der Waals surface area contributed by atoms with Crippen LogP contribution < -0.4 is 10.0 Å². The van der Waals surface area contributed by atoms with Crippen molar-refractivity contribution in [3.8, 4) is 0 Å². The summed E-state index contributed by atoms with van der Waals surface area (Å²) in [6.45, 7) is 2.46. The molecule has 102 valence electrons. The highest BCUT2D eigenvalue weighted by molar-refractivity contribution is 7.89. The van der Waals surface area contributed by atoms with Crippen molar-refractivity contribution in [1.29, 1.82) is 0 Å². The number of sulfonamides is 1. The number of rotatable bonds is 7. The standard InChI is InChI=1S/C12H19ClN2O2S/c1-3-12(10-5-4-6-11(13)9-10)15-7-8-18(16,17)14-2/h4-6,9,12,14-15H,3,7-8H2,1-2H3. The Bertz CT molecular complexity index is 477. The molecule has 1 unspecified atom stereocenters. The van der Waals surface area contributed by atoms with Crippen molar-refractivity contribution in [2.24, 2.45) is 0 Å². The molecular formula is C12H19ClN2O2S. The monoisotopic (exact) mass is 290 g/mol. The highest BCUT2D eigenvalue weighted by Gasteiger charge is 2.11. The van der Waals surface area contributed by atoms with Crippen molar-refractivity contribution in [2.45, 2.75) is 19.4 Å². The van der Waals surface area contributed by atoms with Crippen molar-refractivity contribution in [1.82, 2.24) is 10.0 Å². The molecule has 0 aliphatic heterocycles. The summed E-state index contributed by atoms with van der Waals surface area (Å²) in [4.78, 5) is 0. The zero-order valence-corrected chi connectivity index (χ0v) is 12.2. The van der Waals surface area contributed by atoms with Crippen LogP contribution >= 0.6 is 11.6 Å². The number of hydrogen-bond acceptors (Lipinski definition) is 3. The first-order valence-corrected chi connectivity index (χ1v) is 7.91. The fraction of sp³-hybridized carbons (Fsp3) is 0.500. The van der Waals surface area contributed by atoms with E-state index in [1.54, 1.807) is 0 Å². The molecule has 18 heavy (non-hydrogen) atoms. The van der Waals surface area contributed by atoms with Gasteiger partial charge in [-0.15, -0.1) is 0 Å². The quantitative estimate of drug-likeness (QED) is 0.807. The zero-order chi connectivity index (χ0) is 13.6. The summed E-state index contributed by atoms with van der Waals surface area (Å²) in [7, 11) is -1.73. The maximum atomic E-state index is 11.3. The second-order valence-electron chi connectivity index (χ2n) is 3.99. The Morgan fingerprint density at radius 2 is 2.11 bits per heavy atom. The first-order valence-electron chi connectivity index (χ1n) is 5.88. The van der Waals surface area contributed by atoms with Crippen molar-refractivity contribution >= 4 is 21.6 Å². The van der Waals surface area contributed by atoms with Gasteiger partial charge in [0.15, 0.2) is 0 Å². The molecule has 0 bridgehead atoms. The normalized spacial score (nSPS) is 13.5. The number of nitrogens with one attached hydrogen (secondary N) is 2. The first-order chi connectivity index (χ1) is 8.48. The highest BCUT2D eigenvalue weighted by atomic mass is 35.5. The third kappa shape index (κ3) is 4.94. The summed E-state index contributed by atoms with van der Waals surface area (Å²) in [6, 6.07) is 7.72. The molecule has 1 aromatic rings. The van der Waals surface area contributed by atoms with E-state index < -0.39 is 10.0 Å². The minimum atomic E-state index is -3.15. The molecule has 0 amide bonds. The van der Waals surface area contributed by atoms with E-state index >= 15 is 0 Å². The SMILES string of the molecule is CCC(NCCS(=O)(=O)NC)c1cccc(Cl)c1. The average molecular weight is 291 g/mol. The summed E-state index contributed by atoms with van der Waals surface area (Å²) in [6.07, 6.45) is 0.875. The first kappa shape index (κ1) is 15.4. The second-order valence-corrected chi connectivity index (χ2v) is 6.48. The van der Waals surface area contributed by atoms with Crippen LogP contribution in [-0.4, -0.2) is 27.8 Å². The van der Waals surface area contributed by atoms with Crippen LogP contribution in [0.4, 0.5) is 0 Å². The van der Waals surface area contributed by atoms with Crippen LogP contribution in [-0.2, 0) is 10.0 Å². The van der Waals surface area contributed by atoms with Crippen molar-refractivity contribution in [3.63, 3.8) is 0 Å². The van der Waals surface area contributed by atoms with Gasteiger partial charge in [-0.2, -0.15) is 0 Å². The fourth-order valence-corrected chi connectivity index (χ4v) is 2.48. The van der Waals surface area contributed by atoms with Gasteiger partial charge in [-0.1, -0.05) is 30.7 Å². The maximum absolute atomic E-state index is 11.3. The van der Waals surface area contributed by atoms with E-state index in [1.807, 2.05) is 31.2 Å². The van der Waals surface area contributed by atoms with Crippen LogP contribution in [0.1, 0.15) is 24.9 Å². The molecule has 0 saturated carbocycles. The van der Waals surface area contributed by atoms with E-state index in [0.29, 0.717) is 11.6 Å². The summed E-state index contributed by atoms with van der Waals surface area (Å²) < 4.78 is 24.9. The van der Waals surface area contributed by atoms with Crippen LogP contribution in [0.3, 0.4) is 0 Å². The van der Waals surface area contributed by atoms with E-state index in [1.165, 1.54) is 7.05 Å². The zero-order valence-electron chi connectivity index (χ0n) is 10.6. The van der Waals surface area contributed by atoms with Gasteiger partial charge in [-0.05, 0) is 31.2 Å². The van der Waals surface area contributed by atoms with Crippen molar-refractivity contribution in [3.05, 3.63) is 34.9 Å². The van der Waals surface area contributed by atoms with Gasteiger partial charge in [0.05, 0.1) is 5.75 Å². The maximum Gasteiger partial charge on any atom is 0.212 e. The molecular weight excluding hydrogens is 272 g/mol. The Hall–Kier alpha value is -0.620. The molecule has 1 rings (SSSR count). The predicted octanol–water partition coefficient (Wildman–Crippen LogP) is 1.93. The second kappa shape index (κ2) is 7.09. The minimum absolute atomic E-state index is 0.0700. The molecule has 0 radical (unpaired) electrons. The van der Waals surface area contributed by atoms with Gasteiger partial charge in [0.25, 0.3) is 0 Å². The summed E-state index contributed by atoms with van der Waals surface area (Å²) in [5, 5.41) is 3.92. The van der Waals surface area contributed by atoms with E-state index in [9.17, 15) is 8.42 Å². The van der Waals surface area contributed by atoms with Gasteiger partial charge in [0.2, 0.25) is 10.0 Å². The predicted molar refractivity (Wildman–Crippen MR) is 75.3 cm³/mol. The van der Waals surface area contributed by atoms with E-state index in [4.69, 9.17) is 11.6 Å². The van der Waals surface area contributed by atoms with Crippen molar-refractivity contribution in [2.75, 3.05) is 19.3 Å². The Balaban J connectivity index is 2.58. The van der Waals surface area contributed by atoms with Gasteiger partial charge in [-0.3, -0.25) is 0 Å². The number of hydrogen-bond donors (Lipinski definition) is 2. The largest absolute Gasteiger partial charge is 0.309 e. The van der Waals surface area contributed by atoms with E-state index in [2.05, 4.69) is 10.0 Å². The van der Waals surface area contributed by atoms with E-state index in [0.717, 1.165) is 12.0 Å². The minimum Gasteiger partial charge on any atom is -0.309 e. The molecule has 6 heteroatoms. The third-order valence-electron chi connectivity index (χ3n) is 2.73. The van der Waals surface area contributed by atoms with Crippen LogP contribution in [0.2, 0.25) is 5.02 Å². The van der Waals surface area contributed by atoms with Gasteiger partial charge in [-0.25, -0.2) is 13.1 Å². The number of halogens is 1. The molecule has 1 aromatic carbocycles. The molecule has 0 aliphatic rings. The van der Waals surface area contributed by atoms with Gasteiger partial charge >= 0.3 is 0 Å². The molecule has 0 spiro atoms. The highest BCUT2D eigenvalue weighted by Crippen LogP contribution is 2.19. The molecule has 0 aromatic heterocycles. The van der Waals surface area contributed by atoms with E-state index in [-0.39, 0.29) is 11.8 Å². The summed E-state index contributed by atoms with van der Waals surface area (Å²) in [5.41, 5.74) is 1.08. The smallest absolute Gasteiger partial charge is 0.212 e. The third-order valence-corrected chi connectivity index (χ3v) is 4.33. The molecule has 0 aliphatic carbocycles. The Morgan fingerprint density at radius 3 is 2.67 bits per heavy atom. The topological polar surface area (TPSA) is 58.2 Å². The lowest BCUT2D eigenvalue weighted by molar-refractivity contribution is 0.530. The van der Waals surface area contributed by atoms with Crippen LogP contribution in [0, 0.1) is 0 Å². The molecule has 4 nitrogen and oxygen atoms in total. The van der Waals surface area contributed by atoms with Crippen LogP contribution in [0.15, 0.2) is 24.3 Å². The summed E-state index contributed by atoms with van der Waals surface area (Å²) in [5.74, 6) is 0.0700. The molecule has 1 atom stereocenters. The average Bonchev–Trinajstić information content (AvgIpc) is 2.34. The molecule has 0 fully saturated rings. The Kier molecular flexibility index (Phi) is 6.08. The number of benzene rings is 1. The van der Waals surface area contributed by atoms with Gasteiger partial charge in [0.1, 0.15) is 0 Å². The van der Waals surface area contributed by atoms with Crippen LogP contribution in [0.25, 0.3) is 0 Å². The Labute approximate surface area is 114 Å². The van der Waals surface area contributed by atoms with Crippen molar-refractivity contribution < 1.29 is 8.42 Å². The lowest BCUT2D eigenvalue weighted by Crippen LogP contribution is -2.31. The van der Waals surface area contributed by atoms with Crippen LogP contribution in [0.5, 0.6) is 0 Å².